The Balaban J connectivity index is 1.48. The van der Waals surface area contributed by atoms with Gasteiger partial charge in [0.05, 0.1) is 6.04 Å². The molecule has 2 aromatic carbocycles. The predicted octanol–water partition coefficient (Wildman–Crippen LogP) is 6.29. The van der Waals surface area contributed by atoms with Crippen LogP contribution in [0.1, 0.15) is 64.9 Å². The molecule has 1 atom stereocenters. The summed E-state index contributed by atoms with van der Waals surface area (Å²) in [5.41, 5.74) is 1.92. The molecule has 5 aliphatic rings. The van der Waals surface area contributed by atoms with Crippen molar-refractivity contribution in [3.8, 4) is 0 Å². The standard InChI is InChI=1S/C27H34N2/c1-26(2,3)24-17-29(27-14-18-11-19(15-27)13-20(12-18)16-27)25(28-24)23-10-6-8-21-7-4-5-9-22(21)23/h4-10,18-20,24H,11-17H2,1-3H3/t18?,19?,20?,24-,27?/m1/s1. The van der Waals surface area contributed by atoms with E-state index >= 15 is 0 Å². The summed E-state index contributed by atoms with van der Waals surface area (Å²) in [7, 11) is 0. The molecule has 0 radical (unpaired) electrons. The van der Waals surface area contributed by atoms with Crippen LogP contribution in [0.4, 0.5) is 0 Å². The number of hydrogen-bond acceptors (Lipinski definition) is 2. The largest absolute Gasteiger partial charge is 0.349 e. The molecule has 2 aromatic rings. The van der Waals surface area contributed by atoms with Gasteiger partial charge >= 0.3 is 0 Å². The highest BCUT2D eigenvalue weighted by Gasteiger charge is 2.56. The molecule has 2 heteroatoms. The first-order chi connectivity index (χ1) is 13.9. The van der Waals surface area contributed by atoms with Crippen LogP contribution in [-0.4, -0.2) is 28.9 Å². The quantitative estimate of drug-likeness (QED) is 0.592. The zero-order valence-corrected chi connectivity index (χ0v) is 18.2. The smallest absolute Gasteiger partial charge is 0.132 e. The van der Waals surface area contributed by atoms with Crippen molar-refractivity contribution in [3.63, 3.8) is 0 Å². The van der Waals surface area contributed by atoms with E-state index in [4.69, 9.17) is 4.99 Å². The topological polar surface area (TPSA) is 15.6 Å². The molecule has 0 unspecified atom stereocenters. The van der Waals surface area contributed by atoms with E-state index < -0.39 is 0 Å². The van der Waals surface area contributed by atoms with Gasteiger partial charge < -0.3 is 4.90 Å². The van der Waals surface area contributed by atoms with Crippen molar-refractivity contribution in [2.75, 3.05) is 6.54 Å². The average Bonchev–Trinajstić information content (AvgIpc) is 3.13. The summed E-state index contributed by atoms with van der Waals surface area (Å²) in [6, 6.07) is 16.0. The van der Waals surface area contributed by atoms with Crippen LogP contribution in [-0.2, 0) is 0 Å². The molecule has 0 amide bonds. The highest BCUT2D eigenvalue weighted by atomic mass is 15.3. The zero-order valence-electron chi connectivity index (χ0n) is 18.2. The van der Waals surface area contributed by atoms with E-state index in [0.29, 0.717) is 11.6 Å². The fraction of sp³-hybridized carbons (Fsp3) is 0.593. The molecule has 7 rings (SSSR count). The van der Waals surface area contributed by atoms with E-state index in [2.05, 4.69) is 68.1 Å². The van der Waals surface area contributed by atoms with E-state index in [1.165, 1.54) is 60.7 Å². The summed E-state index contributed by atoms with van der Waals surface area (Å²) < 4.78 is 0. The lowest BCUT2D eigenvalue weighted by atomic mass is 9.52. The van der Waals surface area contributed by atoms with Crippen LogP contribution in [0.2, 0.25) is 0 Å². The van der Waals surface area contributed by atoms with Gasteiger partial charge in [-0.3, -0.25) is 4.99 Å². The third kappa shape index (κ3) is 2.78. The van der Waals surface area contributed by atoms with Crippen molar-refractivity contribution in [3.05, 3.63) is 48.0 Å². The van der Waals surface area contributed by atoms with Crippen LogP contribution in [0, 0.1) is 23.2 Å². The fourth-order valence-corrected chi connectivity index (χ4v) is 7.43. The number of rotatable bonds is 2. The van der Waals surface area contributed by atoms with Gasteiger partial charge in [0, 0.05) is 17.6 Å². The van der Waals surface area contributed by atoms with Crippen molar-refractivity contribution in [2.45, 2.75) is 70.9 Å². The van der Waals surface area contributed by atoms with Gasteiger partial charge in [-0.2, -0.15) is 0 Å². The first-order valence-electron chi connectivity index (χ1n) is 11.7. The molecule has 4 bridgehead atoms. The van der Waals surface area contributed by atoms with E-state index in [1.54, 1.807) is 0 Å². The minimum absolute atomic E-state index is 0.201. The van der Waals surface area contributed by atoms with Gasteiger partial charge in [0.1, 0.15) is 5.84 Å². The second-order valence-electron chi connectivity index (χ2n) is 11.6. The monoisotopic (exact) mass is 386 g/mol. The van der Waals surface area contributed by atoms with Crippen molar-refractivity contribution in [1.29, 1.82) is 0 Å². The molecule has 0 saturated heterocycles. The lowest BCUT2D eigenvalue weighted by Crippen LogP contribution is -2.61. The summed E-state index contributed by atoms with van der Waals surface area (Å²) in [6.07, 6.45) is 8.70. The molecule has 29 heavy (non-hydrogen) atoms. The molecule has 0 spiro atoms. The minimum Gasteiger partial charge on any atom is -0.349 e. The highest BCUT2D eigenvalue weighted by Crippen LogP contribution is 2.58. The summed E-state index contributed by atoms with van der Waals surface area (Å²) in [4.78, 5) is 8.29. The van der Waals surface area contributed by atoms with E-state index in [1.807, 2.05) is 0 Å². The molecule has 4 fully saturated rings. The Hall–Kier alpha value is -1.83. The molecule has 4 saturated carbocycles. The lowest BCUT2D eigenvalue weighted by molar-refractivity contribution is -0.0615. The van der Waals surface area contributed by atoms with E-state index in [0.717, 1.165) is 24.3 Å². The molecule has 1 aliphatic heterocycles. The molecular weight excluding hydrogens is 352 g/mol. The fourth-order valence-electron chi connectivity index (χ4n) is 7.43. The second kappa shape index (κ2) is 6.09. The summed E-state index contributed by atoms with van der Waals surface area (Å²) in [5.74, 6) is 4.18. The molecule has 0 aromatic heterocycles. The van der Waals surface area contributed by atoms with Gasteiger partial charge in [-0.15, -0.1) is 0 Å². The Kier molecular flexibility index (Phi) is 3.78. The third-order valence-electron chi connectivity index (χ3n) is 8.50. The number of amidine groups is 1. The van der Waals surface area contributed by atoms with Gasteiger partial charge in [0.2, 0.25) is 0 Å². The normalized spacial score (nSPS) is 36.1. The number of benzene rings is 2. The van der Waals surface area contributed by atoms with Crippen molar-refractivity contribution in [2.24, 2.45) is 28.2 Å². The Labute approximate surface area is 175 Å². The molecule has 152 valence electrons. The molecule has 0 N–H and O–H groups in total. The Bertz CT molecular complexity index is 939. The molecule has 1 heterocycles. The lowest BCUT2D eigenvalue weighted by Gasteiger charge is -2.60. The zero-order chi connectivity index (χ0) is 19.8. The average molecular weight is 387 g/mol. The van der Waals surface area contributed by atoms with Crippen LogP contribution in [0.15, 0.2) is 47.5 Å². The van der Waals surface area contributed by atoms with Crippen molar-refractivity contribution < 1.29 is 0 Å². The third-order valence-corrected chi connectivity index (χ3v) is 8.50. The number of aliphatic imine (C=N–C) groups is 1. The molecule has 2 nitrogen and oxygen atoms in total. The van der Waals surface area contributed by atoms with Crippen LogP contribution in [0.3, 0.4) is 0 Å². The summed E-state index contributed by atoms with van der Waals surface area (Å²) >= 11 is 0. The van der Waals surface area contributed by atoms with Crippen LogP contribution >= 0.6 is 0 Å². The summed E-state index contributed by atoms with van der Waals surface area (Å²) in [6.45, 7) is 8.20. The van der Waals surface area contributed by atoms with Crippen LogP contribution < -0.4 is 0 Å². The molecular formula is C27H34N2. The number of nitrogens with zero attached hydrogens (tertiary/aromatic N) is 2. The van der Waals surface area contributed by atoms with E-state index in [9.17, 15) is 0 Å². The first-order valence-corrected chi connectivity index (χ1v) is 11.7. The Morgan fingerprint density at radius 3 is 2.14 bits per heavy atom. The minimum atomic E-state index is 0.201. The maximum Gasteiger partial charge on any atom is 0.132 e. The molecule has 4 aliphatic carbocycles. The Morgan fingerprint density at radius 2 is 1.48 bits per heavy atom. The van der Waals surface area contributed by atoms with Gasteiger partial charge in [-0.05, 0) is 72.5 Å². The van der Waals surface area contributed by atoms with Crippen molar-refractivity contribution >= 4 is 16.6 Å². The van der Waals surface area contributed by atoms with E-state index in [-0.39, 0.29) is 5.41 Å². The maximum atomic E-state index is 5.46. The second-order valence-corrected chi connectivity index (χ2v) is 11.6. The van der Waals surface area contributed by atoms with Crippen LogP contribution in [0.25, 0.3) is 10.8 Å². The Morgan fingerprint density at radius 1 is 0.862 bits per heavy atom. The van der Waals surface area contributed by atoms with Gasteiger partial charge in [0.25, 0.3) is 0 Å². The maximum absolute atomic E-state index is 5.46. The SMILES string of the molecule is CC(C)(C)[C@H]1CN(C23CC4CC(CC(C4)C2)C3)C(c2cccc3ccccc23)=N1. The number of fused-ring (bicyclic) bond motifs is 1. The van der Waals surface area contributed by atoms with Gasteiger partial charge in [-0.25, -0.2) is 0 Å². The van der Waals surface area contributed by atoms with Gasteiger partial charge in [-0.1, -0.05) is 63.2 Å². The number of hydrogen-bond donors (Lipinski definition) is 0. The van der Waals surface area contributed by atoms with Gasteiger partial charge in [0.15, 0.2) is 0 Å². The summed E-state index contributed by atoms with van der Waals surface area (Å²) in [5, 5.41) is 2.69. The predicted molar refractivity (Wildman–Crippen MR) is 121 cm³/mol. The van der Waals surface area contributed by atoms with Crippen molar-refractivity contribution in [1.82, 2.24) is 4.90 Å². The first kappa shape index (κ1) is 18.0. The van der Waals surface area contributed by atoms with Crippen LogP contribution in [0.5, 0.6) is 0 Å². The highest BCUT2D eigenvalue weighted by molar-refractivity contribution is 6.10.